The molecule has 4 heteroatoms. The van der Waals surface area contributed by atoms with Gasteiger partial charge in [0.1, 0.15) is 0 Å². The molecule has 1 amide bonds. The fourth-order valence-corrected chi connectivity index (χ4v) is 5.55. The van der Waals surface area contributed by atoms with E-state index in [1.807, 2.05) is 0 Å². The first-order valence-corrected chi connectivity index (χ1v) is 12.8. The van der Waals surface area contributed by atoms with Gasteiger partial charge in [-0.15, -0.1) is 0 Å². The van der Waals surface area contributed by atoms with Crippen molar-refractivity contribution in [3.8, 4) is 0 Å². The Labute approximate surface area is 196 Å². The quantitative estimate of drug-likeness (QED) is 0.598. The second-order valence-corrected chi connectivity index (χ2v) is 12.1. The van der Waals surface area contributed by atoms with E-state index in [1.54, 1.807) is 0 Å². The summed E-state index contributed by atoms with van der Waals surface area (Å²) in [6, 6.07) is 10.6. The lowest BCUT2D eigenvalue weighted by molar-refractivity contribution is -0.135. The van der Waals surface area contributed by atoms with Crippen molar-refractivity contribution in [2.24, 2.45) is 11.8 Å². The number of carbonyl (C=O) groups excluding carboxylic acids is 1. The smallest absolute Gasteiger partial charge is 0.237 e. The average molecular weight is 443 g/mol. The molecule has 1 saturated carbocycles. The van der Waals surface area contributed by atoms with Crippen LogP contribution in [0.5, 0.6) is 0 Å². The molecule has 2 fully saturated rings. The number of benzene rings is 1. The number of hydrogen-bond donors (Lipinski definition) is 1. The van der Waals surface area contributed by atoms with Crippen molar-refractivity contribution < 1.29 is 9.53 Å². The van der Waals surface area contributed by atoms with Gasteiger partial charge >= 0.3 is 0 Å². The zero-order valence-electron chi connectivity index (χ0n) is 21.3. The van der Waals surface area contributed by atoms with Gasteiger partial charge in [0, 0.05) is 18.6 Å². The van der Waals surface area contributed by atoms with Crippen molar-refractivity contribution in [2.75, 3.05) is 13.1 Å². The lowest BCUT2D eigenvalue weighted by Gasteiger charge is -2.47. The third-order valence-electron chi connectivity index (χ3n) is 6.86. The van der Waals surface area contributed by atoms with E-state index < -0.39 is 0 Å². The van der Waals surface area contributed by atoms with Gasteiger partial charge in [-0.2, -0.15) is 0 Å². The second kappa shape index (κ2) is 10.7. The van der Waals surface area contributed by atoms with Gasteiger partial charge in [-0.05, 0) is 84.6 Å². The van der Waals surface area contributed by atoms with Crippen LogP contribution in [0.25, 0.3) is 0 Å². The summed E-state index contributed by atoms with van der Waals surface area (Å²) >= 11 is 0. The number of nitrogens with zero attached hydrogens (tertiary/aromatic N) is 1. The van der Waals surface area contributed by atoms with E-state index >= 15 is 0 Å². The number of hydrogen-bond acceptors (Lipinski definition) is 3. The molecule has 4 atom stereocenters. The number of fused-ring (bicyclic) bond motifs is 1. The molecule has 1 aromatic rings. The van der Waals surface area contributed by atoms with Gasteiger partial charge in [0.2, 0.25) is 5.91 Å². The third-order valence-corrected chi connectivity index (χ3v) is 6.86. The van der Waals surface area contributed by atoms with Gasteiger partial charge in [-0.1, -0.05) is 49.6 Å². The summed E-state index contributed by atoms with van der Waals surface area (Å²) in [5.41, 5.74) is 0.942. The number of amides is 1. The fraction of sp³-hybridized carbons (Fsp3) is 0.750. The number of piperidine rings is 1. The van der Waals surface area contributed by atoms with Crippen LogP contribution in [0.15, 0.2) is 30.3 Å². The van der Waals surface area contributed by atoms with Gasteiger partial charge in [-0.3, -0.25) is 9.69 Å². The highest BCUT2D eigenvalue weighted by Crippen LogP contribution is 2.39. The highest BCUT2D eigenvalue weighted by Gasteiger charge is 2.41. The molecule has 0 radical (unpaired) electrons. The molecule has 0 aromatic heterocycles. The average Bonchev–Trinajstić information content (AvgIpc) is 2.70. The second-order valence-electron chi connectivity index (χ2n) is 12.1. The molecule has 1 heterocycles. The van der Waals surface area contributed by atoms with Gasteiger partial charge in [-0.25, -0.2) is 0 Å². The number of carbonyl (C=O) groups is 1. The van der Waals surface area contributed by atoms with Gasteiger partial charge < -0.3 is 10.1 Å². The van der Waals surface area contributed by atoms with Crippen LogP contribution in [0.4, 0.5) is 0 Å². The van der Waals surface area contributed by atoms with Crippen LogP contribution >= 0.6 is 0 Å². The molecule has 2 aliphatic rings. The minimum absolute atomic E-state index is 0.0450. The minimum atomic E-state index is -0.208. The minimum Gasteiger partial charge on any atom is -0.371 e. The van der Waals surface area contributed by atoms with Crippen LogP contribution in [0.1, 0.15) is 85.6 Å². The number of rotatable bonds is 7. The molecule has 1 saturated heterocycles. The molecular formula is C28H46N2O2. The summed E-state index contributed by atoms with van der Waals surface area (Å²) in [4.78, 5) is 15.8. The predicted octanol–water partition coefficient (Wildman–Crippen LogP) is 5.60. The maximum atomic E-state index is 13.4. The standard InChI is InChI=1S/C28H46N2O2/c1-27(2,3)29-26(31)25-18-22-14-10-11-15-23(22)19-30(25)20-24(32-28(4,5)6)17-16-21-12-8-7-9-13-21/h7-9,12-13,22-25H,10-11,14-20H2,1-6H3,(H,29,31)/t22-,23+,24-,25-/m0/s1. The Morgan fingerprint density at radius 1 is 1.06 bits per heavy atom. The molecule has 1 aromatic carbocycles. The van der Waals surface area contributed by atoms with Crippen molar-refractivity contribution in [1.82, 2.24) is 10.2 Å². The molecule has 180 valence electrons. The predicted molar refractivity (Wildman–Crippen MR) is 133 cm³/mol. The van der Waals surface area contributed by atoms with E-state index in [0.29, 0.717) is 5.92 Å². The zero-order chi connectivity index (χ0) is 23.4. The van der Waals surface area contributed by atoms with Crippen LogP contribution in [-0.2, 0) is 16.0 Å². The first-order valence-electron chi connectivity index (χ1n) is 12.8. The highest BCUT2D eigenvalue weighted by molar-refractivity contribution is 5.82. The molecule has 3 rings (SSSR count). The van der Waals surface area contributed by atoms with E-state index in [0.717, 1.165) is 38.3 Å². The summed E-state index contributed by atoms with van der Waals surface area (Å²) in [7, 11) is 0. The number of aryl methyl sites for hydroxylation is 1. The van der Waals surface area contributed by atoms with E-state index in [9.17, 15) is 4.79 Å². The lowest BCUT2D eigenvalue weighted by Crippen LogP contribution is -2.59. The molecule has 1 N–H and O–H groups in total. The van der Waals surface area contributed by atoms with Crippen LogP contribution in [0.2, 0.25) is 0 Å². The summed E-state index contributed by atoms with van der Waals surface area (Å²) in [5, 5.41) is 3.27. The number of ether oxygens (including phenoxy) is 1. The Balaban J connectivity index is 1.75. The summed E-state index contributed by atoms with van der Waals surface area (Å²) in [5.74, 6) is 1.62. The highest BCUT2D eigenvalue weighted by atomic mass is 16.5. The summed E-state index contributed by atoms with van der Waals surface area (Å²) < 4.78 is 6.55. The van der Waals surface area contributed by atoms with E-state index in [4.69, 9.17) is 4.74 Å². The zero-order valence-corrected chi connectivity index (χ0v) is 21.3. The summed E-state index contributed by atoms with van der Waals surface area (Å²) in [6.07, 6.45) is 8.33. The van der Waals surface area contributed by atoms with Crippen LogP contribution < -0.4 is 5.32 Å². The molecular weight excluding hydrogens is 396 g/mol. The van der Waals surface area contributed by atoms with Crippen LogP contribution in [0, 0.1) is 11.8 Å². The molecule has 1 aliphatic heterocycles. The van der Waals surface area contributed by atoms with Crippen LogP contribution in [0.3, 0.4) is 0 Å². The van der Waals surface area contributed by atoms with Gasteiger partial charge in [0.15, 0.2) is 0 Å². The molecule has 0 spiro atoms. The Bertz CT molecular complexity index is 719. The number of nitrogens with one attached hydrogen (secondary N) is 1. The molecule has 1 aliphatic carbocycles. The monoisotopic (exact) mass is 442 g/mol. The van der Waals surface area contributed by atoms with Gasteiger partial charge in [0.05, 0.1) is 17.7 Å². The molecule has 0 bridgehead atoms. The van der Waals surface area contributed by atoms with E-state index in [-0.39, 0.29) is 29.2 Å². The first kappa shape index (κ1) is 25.2. The SMILES string of the molecule is CC(C)(C)NC(=O)[C@@H]1C[C@@H]2CCCC[C@@H]2CN1C[C@H](CCc1ccccc1)OC(C)(C)C. The maximum Gasteiger partial charge on any atom is 0.237 e. The largest absolute Gasteiger partial charge is 0.371 e. The topological polar surface area (TPSA) is 41.6 Å². The van der Waals surface area contributed by atoms with Crippen molar-refractivity contribution in [3.63, 3.8) is 0 Å². The normalized spacial score (nSPS) is 25.8. The number of likely N-dealkylation sites (tertiary alicyclic amines) is 1. The van der Waals surface area contributed by atoms with Crippen molar-refractivity contribution in [1.29, 1.82) is 0 Å². The maximum absolute atomic E-state index is 13.4. The van der Waals surface area contributed by atoms with Crippen molar-refractivity contribution >= 4 is 5.91 Å². The van der Waals surface area contributed by atoms with E-state index in [1.165, 1.54) is 31.2 Å². The molecule has 32 heavy (non-hydrogen) atoms. The summed E-state index contributed by atoms with van der Waals surface area (Å²) in [6.45, 7) is 14.5. The fourth-order valence-electron chi connectivity index (χ4n) is 5.55. The van der Waals surface area contributed by atoms with Crippen LogP contribution in [-0.4, -0.2) is 47.2 Å². The Hall–Kier alpha value is -1.39. The van der Waals surface area contributed by atoms with Gasteiger partial charge in [0.25, 0.3) is 0 Å². The first-order chi connectivity index (χ1) is 15.0. The Morgan fingerprint density at radius 3 is 2.34 bits per heavy atom. The molecule has 0 unspecified atom stereocenters. The third kappa shape index (κ3) is 7.88. The van der Waals surface area contributed by atoms with Crippen molar-refractivity contribution in [2.45, 2.75) is 110 Å². The van der Waals surface area contributed by atoms with Crippen molar-refractivity contribution in [3.05, 3.63) is 35.9 Å². The Kier molecular flexibility index (Phi) is 8.43. The Morgan fingerprint density at radius 2 is 1.72 bits per heavy atom. The molecule has 4 nitrogen and oxygen atoms in total. The lowest BCUT2D eigenvalue weighted by atomic mass is 9.72. The van der Waals surface area contributed by atoms with E-state index in [2.05, 4.69) is 82.1 Å².